The molecule has 9 heteroatoms. The van der Waals surface area contributed by atoms with E-state index in [1.165, 1.54) is 31.9 Å². The second-order valence-corrected chi connectivity index (χ2v) is 9.39. The largest absolute Gasteiger partial charge is 0.497 e. The second kappa shape index (κ2) is 9.44. The molecule has 1 amide bonds. The van der Waals surface area contributed by atoms with Crippen molar-refractivity contribution in [3.05, 3.63) is 60.5 Å². The lowest BCUT2D eigenvalue weighted by Gasteiger charge is -2.22. The number of ether oxygens (including phenoxy) is 1. The quantitative estimate of drug-likeness (QED) is 0.552. The number of carbonyl (C=O) groups is 1. The Balaban J connectivity index is 1.41. The summed E-state index contributed by atoms with van der Waals surface area (Å²) >= 11 is 0. The number of hydrogen-bond donors (Lipinski definition) is 2. The van der Waals surface area contributed by atoms with Gasteiger partial charge in [-0.25, -0.2) is 13.4 Å². The topological polar surface area (TPSA) is 111 Å². The van der Waals surface area contributed by atoms with Crippen molar-refractivity contribution in [2.24, 2.45) is 0 Å². The molecule has 1 heterocycles. The van der Waals surface area contributed by atoms with E-state index in [0.29, 0.717) is 22.9 Å². The van der Waals surface area contributed by atoms with Gasteiger partial charge >= 0.3 is 0 Å². The lowest BCUT2D eigenvalue weighted by molar-refractivity contribution is 0.0922. The molecule has 0 saturated heterocycles. The number of oxazole rings is 1. The van der Waals surface area contributed by atoms with Crippen LogP contribution in [0, 0.1) is 0 Å². The molecule has 168 valence electrons. The van der Waals surface area contributed by atoms with E-state index in [2.05, 4.69) is 15.0 Å². The molecule has 0 radical (unpaired) electrons. The molecule has 2 N–H and O–H groups in total. The summed E-state index contributed by atoms with van der Waals surface area (Å²) in [7, 11) is -2.22. The first-order chi connectivity index (χ1) is 15.4. The van der Waals surface area contributed by atoms with Gasteiger partial charge in [0.25, 0.3) is 15.9 Å². The van der Waals surface area contributed by atoms with E-state index in [9.17, 15) is 13.2 Å². The van der Waals surface area contributed by atoms with E-state index in [1.807, 2.05) is 0 Å². The predicted molar refractivity (Wildman–Crippen MR) is 120 cm³/mol. The fourth-order valence-electron chi connectivity index (χ4n) is 3.67. The minimum atomic E-state index is -3.73. The van der Waals surface area contributed by atoms with Crippen LogP contribution < -0.4 is 14.8 Å². The lowest BCUT2D eigenvalue weighted by Crippen LogP contribution is -2.36. The number of benzene rings is 2. The maximum absolute atomic E-state index is 12.6. The molecule has 0 atom stereocenters. The van der Waals surface area contributed by atoms with Gasteiger partial charge in [-0.15, -0.1) is 0 Å². The fourth-order valence-corrected chi connectivity index (χ4v) is 4.73. The first-order valence-electron chi connectivity index (χ1n) is 10.5. The number of aromatic nitrogens is 1. The van der Waals surface area contributed by atoms with Gasteiger partial charge in [0, 0.05) is 17.3 Å². The van der Waals surface area contributed by atoms with E-state index in [-0.39, 0.29) is 22.5 Å². The van der Waals surface area contributed by atoms with Crippen molar-refractivity contribution in [3.8, 4) is 17.2 Å². The normalized spacial score (nSPS) is 14.7. The zero-order chi connectivity index (χ0) is 22.6. The number of nitrogens with one attached hydrogen (secondary N) is 2. The third kappa shape index (κ3) is 5.11. The van der Waals surface area contributed by atoms with E-state index in [4.69, 9.17) is 9.15 Å². The van der Waals surface area contributed by atoms with Gasteiger partial charge in [0.2, 0.25) is 5.89 Å². The zero-order valence-corrected chi connectivity index (χ0v) is 18.5. The highest BCUT2D eigenvalue weighted by Crippen LogP contribution is 2.24. The number of carbonyl (C=O) groups excluding carboxylic acids is 1. The molecule has 0 bridgehead atoms. The Morgan fingerprint density at radius 2 is 1.72 bits per heavy atom. The molecule has 1 aliphatic carbocycles. The average Bonchev–Trinajstić information content (AvgIpc) is 3.31. The number of anilines is 1. The summed E-state index contributed by atoms with van der Waals surface area (Å²) in [6.07, 6.45) is 6.79. The molecule has 1 aromatic heterocycles. The van der Waals surface area contributed by atoms with Gasteiger partial charge in [0.15, 0.2) is 5.69 Å². The van der Waals surface area contributed by atoms with Crippen LogP contribution in [-0.4, -0.2) is 32.5 Å². The van der Waals surface area contributed by atoms with Gasteiger partial charge in [-0.3, -0.25) is 9.52 Å². The Morgan fingerprint density at radius 1 is 1.03 bits per heavy atom. The zero-order valence-electron chi connectivity index (χ0n) is 17.7. The van der Waals surface area contributed by atoms with Gasteiger partial charge in [-0.2, -0.15) is 0 Å². The second-order valence-electron chi connectivity index (χ2n) is 7.70. The van der Waals surface area contributed by atoms with E-state index in [0.717, 1.165) is 25.7 Å². The van der Waals surface area contributed by atoms with Crippen molar-refractivity contribution in [1.82, 2.24) is 10.3 Å². The van der Waals surface area contributed by atoms with Crippen molar-refractivity contribution in [1.29, 1.82) is 0 Å². The Kier molecular flexibility index (Phi) is 6.45. The summed E-state index contributed by atoms with van der Waals surface area (Å²) in [5, 5.41) is 3.01. The Hall–Kier alpha value is -3.33. The molecule has 8 nitrogen and oxygen atoms in total. The van der Waals surface area contributed by atoms with E-state index < -0.39 is 10.0 Å². The van der Waals surface area contributed by atoms with Gasteiger partial charge in [-0.1, -0.05) is 19.3 Å². The summed E-state index contributed by atoms with van der Waals surface area (Å²) in [6, 6.07) is 12.9. The minimum Gasteiger partial charge on any atom is -0.497 e. The van der Waals surface area contributed by atoms with Crippen LogP contribution in [0.5, 0.6) is 5.75 Å². The molecule has 1 aliphatic rings. The van der Waals surface area contributed by atoms with Crippen molar-refractivity contribution in [3.63, 3.8) is 0 Å². The van der Waals surface area contributed by atoms with Gasteiger partial charge < -0.3 is 14.5 Å². The minimum absolute atomic E-state index is 0.128. The maximum Gasteiger partial charge on any atom is 0.273 e. The van der Waals surface area contributed by atoms with Crippen LogP contribution in [0.25, 0.3) is 11.5 Å². The highest BCUT2D eigenvalue weighted by molar-refractivity contribution is 7.92. The number of amides is 1. The van der Waals surface area contributed by atoms with Gasteiger partial charge in [0.05, 0.1) is 12.0 Å². The molecule has 1 fully saturated rings. The van der Waals surface area contributed by atoms with Crippen LogP contribution in [-0.2, 0) is 10.0 Å². The highest BCUT2D eigenvalue weighted by Gasteiger charge is 2.20. The summed E-state index contributed by atoms with van der Waals surface area (Å²) in [6.45, 7) is 0. The van der Waals surface area contributed by atoms with Crippen LogP contribution in [0.3, 0.4) is 0 Å². The summed E-state index contributed by atoms with van der Waals surface area (Å²) < 4.78 is 38.2. The van der Waals surface area contributed by atoms with E-state index in [1.54, 1.807) is 36.4 Å². The molecule has 1 saturated carbocycles. The molecule has 0 unspecified atom stereocenters. The Labute approximate surface area is 187 Å². The van der Waals surface area contributed by atoms with E-state index >= 15 is 0 Å². The Bertz CT molecular complexity index is 1170. The highest BCUT2D eigenvalue weighted by atomic mass is 32.2. The summed E-state index contributed by atoms with van der Waals surface area (Å²) in [5.74, 6) is 0.630. The summed E-state index contributed by atoms with van der Waals surface area (Å²) in [4.78, 5) is 16.8. The van der Waals surface area contributed by atoms with Gasteiger partial charge in [-0.05, 0) is 61.4 Å². The fraction of sp³-hybridized carbons (Fsp3) is 0.304. The molecule has 2 aromatic carbocycles. The Morgan fingerprint density at radius 3 is 2.38 bits per heavy atom. The monoisotopic (exact) mass is 455 g/mol. The molecule has 0 spiro atoms. The lowest BCUT2D eigenvalue weighted by atomic mass is 9.95. The number of nitrogens with zero attached hydrogens (tertiary/aromatic N) is 1. The number of hydrogen-bond acceptors (Lipinski definition) is 6. The van der Waals surface area contributed by atoms with Crippen LogP contribution in [0.15, 0.2) is 64.1 Å². The van der Waals surface area contributed by atoms with Crippen molar-refractivity contribution >= 4 is 21.6 Å². The van der Waals surface area contributed by atoms with Crippen LogP contribution in [0.2, 0.25) is 0 Å². The molecular weight excluding hydrogens is 430 g/mol. The SMILES string of the molecule is COc1ccc(S(=O)(=O)Nc2ccc(-c3nc(C(=O)NC4CCCCC4)co3)cc2)cc1. The maximum atomic E-state index is 12.6. The average molecular weight is 456 g/mol. The molecule has 32 heavy (non-hydrogen) atoms. The smallest absolute Gasteiger partial charge is 0.273 e. The third-order valence-corrected chi connectivity index (χ3v) is 6.83. The van der Waals surface area contributed by atoms with Crippen molar-refractivity contribution < 1.29 is 22.4 Å². The number of rotatable bonds is 7. The molecular formula is C23H25N3O5S. The summed E-state index contributed by atoms with van der Waals surface area (Å²) in [5.41, 5.74) is 1.26. The van der Waals surface area contributed by atoms with Crippen molar-refractivity contribution in [2.75, 3.05) is 11.8 Å². The first kappa shape index (κ1) is 21.9. The standard InChI is InChI=1S/C23H25N3O5S/c1-30-19-11-13-20(14-12-19)32(28,29)26-18-9-7-16(8-10-18)23-25-21(15-31-23)22(27)24-17-5-3-2-4-6-17/h7-15,17,26H,2-6H2,1H3,(H,24,27). The third-order valence-electron chi connectivity index (χ3n) is 5.43. The van der Waals surface area contributed by atoms with Crippen LogP contribution in [0.1, 0.15) is 42.6 Å². The molecule has 3 aromatic rings. The van der Waals surface area contributed by atoms with Crippen LogP contribution >= 0.6 is 0 Å². The predicted octanol–water partition coefficient (Wildman–Crippen LogP) is 4.21. The van der Waals surface area contributed by atoms with Crippen molar-refractivity contribution in [2.45, 2.75) is 43.0 Å². The molecule has 4 rings (SSSR count). The first-order valence-corrected chi connectivity index (χ1v) is 12.0. The molecule has 0 aliphatic heterocycles. The van der Waals surface area contributed by atoms with Crippen LogP contribution in [0.4, 0.5) is 5.69 Å². The van der Waals surface area contributed by atoms with Gasteiger partial charge in [0.1, 0.15) is 12.0 Å². The number of methoxy groups -OCH3 is 1. The number of sulfonamides is 1.